The Kier molecular flexibility index (Phi) is 6.83. The minimum atomic E-state index is -1.68. The van der Waals surface area contributed by atoms with Crippen LogP contribution in [0.1, 0.15) is 52.1 Å². The van der Waals surface area contributed by atoms with Crippen LogP contribution in [0.25, 0.3) is 11.0 Å². The van der Waals surface area contributed by atoms with Crippen LogP contribution >= 0.6 is 0 Å². The van der Waals surface area contributed by atoms with E-state index in [9.17, 15) is 14.3 Å². The summed E-state index contributed by atoms with van der Waals surface area (Å²) in [6.07, 6.45) is 2.65. The number of pyridine rings is 1. The van der Waals surface area contributed by atoms with Crippen LogP contribution in [0.5, 0.6) is 0 Å². The van der Waals surface area contributed by atoms with E-state index in [1.165, 1.54) is 24.8 Å². The van der Waals surface area contributed by atoms with E-state index >= 15 is 0 Å². The molecule has 3 aromatic carbocycles. The highest BCUT2D eigenvalue weighted by molar-refractivity contribution is 5.83. The molecule has 192 valence electrons. The third kappa shape index (κ3) is 5.08. The van der Waals surface area contributed by atoms with Gasteiger partial charge in [-0.1, -0.05) is 60.2 Å². The van der Waals surface area contributed by atoms with Crippen molar-refractivity contribution in [3.8, 4) is 0 Å². The number of furan rings is 1. The summed E-state index contributed by atoms with van der Waals surface area (Å²) in [4.78, 5) is 17.0. The van der Waals surface area contributed by atoms with Crippen LogP contribution in [0.2, 0.25) is 0 Å². The van der Waals surface area contributed by atoms with E-state index in [2.05, 4.69) is 42.3 Å². The number of nitrogens with one attached hydrogen (secondary N) is 1. The number of nitrogens with zero attached hydrogens (tertiary/aromatic N) is 1. The molecule has 0 bridgehead atoms. The molecule has 0 aliphatic carbocycles. The molecule has 0 aliphatic rings. The van der Waals surface area contributed by atoms with Gasteiger partial charge in [-0.15, -0.1) is 0 Å². The normalized spacial score (nSPS) is 13.7. The zero-order chi connectivity index (χ0) is 26.9. The third-order valence-corrected chi connectivity index (χ3v) is 6.90. The topological polar surface area (TPSA) is 75.4 Å². The highest BCUT2D eigenvalue weighted by atomic mass is 19.1. The second-order valence-electron chi connectivity index (χ2n) is 9.86. The van der Waals surface area contributed by atoms with Crippen LogP contribution < -0.4 is 5.32 Å². The average Bonchev–Trinajstić information content (AvgIpc) is 3.33. The van der Waals surface area contributed by atoms with Crippen molar-refractivity contribution in [3.63, 3.8) is 0 Å². The Balaban J connectivity index is 1.39. The summed E-state index contributed by atoms with van der Waals surface area (Å²) in [6, 6.07) is 24.4. The Morgan fingerprint density at radius 1 is 1.05 bits per heavy atom. The highest BCUT2D eigenvalue weighted by Gasteiger charge is 2.32. The molecule has 5 nitrogen and oxygen atoms in total. The number of halogens is 1. The first-order chi connectivity index (χ1) is 18.2. The minimum Gasteiger partial charge on any atom is -0.458 e. The van der Waals surface area contributed by atoms with Crippen molar-refractivity contribution in [2.24, 2.45) is 0 Å². The van der Waals surface area contributed by atoms with Gasteiger partial charge in [0, 0.05) is 17.1 Å². The predicted molar refractivity (Wildman–Crippen MR) is 145 cm³/mol. The van der Waals surface area contributed by atoms with Gasteiger partial charge in [-0.25, -0.2) is 4.39 Å². The van der Waals surface area contributed by atoms with Gasteiger partial charge in [-0.2, -0.15) is 0 Å². The molecule has 0 saturated carbocycles. The van der Waals surface area contributed by atoms with Gasteiger partial charge in [0.1, 0.15) is 22.8 Å². The lowest BCUT2D eigenvalue weighted by molar-refractivity contribution is -0.120. The van der Waals surface area contributed by atoms with Crippen molar-refractivity contribution < 1.29 is 18.7 Å². The van der Waals surface area contributed by atoms with E-state index in [-0.39, 0.29) is 29.7 Å². The lowest BCUT2D eigenvalue weighted by atomic mass is 9.93. The summed E-state index contributed by atoms with van der Waals surface area (Å²) in [5.41, 5.74) is 4.07. The Morgan fingerprint density at radius 2 is 1.84 bits per heavy atom. The molecule has 2 N–H and O–H groups in total. The fraction of sp³-hybridized carbons (Fsp3) is 0.188. The lowest BCUT2D eigenvalue weighted by Gasteiger charge is -2.22. The van der Waals surface area contributed by atoms with E-state index in [1.54, 1.807) is 12.1 Å². The maximum atomic E-state index is 14.3. The van der Waals surface area contributed by atoms with Crippen LogP contribution in [0, 0.1) is 19.7 Å². The summed E-state index contributed by atoms with van der Waals surface area (Å²) in [5.74, 6) is -0.530. The molecular weight excluding hydrogens is 479 g/mol. The van der Waals surface area contributed by atoms with Gasteiger partial charge in [-0.05, 0) is 67.3 Å². The number of benzene rings is 3. The third-order valence-electron chi connectivity index (χ3n) is 6.90. The monoisotopic (exact) mass is 508 g/mol. The fourth-order valence-electron chi connectivity index (χ4n) is 4.88. The van der Waals surface area contributed by atoms with Crippen LogP contribution in [0.3, 0.4) is 0 Å². The summed E-state index contributed by atoms with van der Waals surface area (Å²) < 4.78 is 20.2. The minimum absolute atomic E-state index is 0.0736. The van der Waals surface area contributed by atoms with E-state index in [0.29, 0.717) is 11.0 Å². The molecule has 0 saturated heterocycles. The van der Waals surface area contributed by atoms with Crippen molar-refractivity contribution >= 4 is 16.9 Å². The second-order valence-corrected chi connectivity index (χ2v) is 9.86. The molecule has 0 radical (unpaired) electrons. The second kappa shape index (κ2) is 10.2. The number of aromatic nitrogens is 1. The Bertz CT molecular complexity index is 1610. The van der Waals surface area contributed by atoms with Crippen molar-refractivity contribution in [2.45, 2.75) is 38.8 Å². The van der Waals surface area contributed by atoms with Crippen molar-refractivity contribution in [3.05, 3.63) is 136 Å². The van der Waals surface area contributed by atoms with Gasteiger partial charge in [-0.3, -0.25) is 9.78 Å². The largest absolute Gasteiger partial charge is 0.458 e. The number of carbonyl (C=O) groups is 1. The molecule has 5 rings (SSSR count). The quantitative estimate of drug-likeness (QED) is 0.271. The Hall–Kier alpha value is -4.29. The van der Waals surface area contributed by atoms with Gasteiger partial charge in [0.15, 0.2) is 0 Å². The van der Waals surface area contributed by atoms with E-state index in [0.717, 1.165) is 28.5 Å². The number of amides is 1. The first-order valence-corrected chi connectivity index (χ1v) is 12.5. The fourth-order valence-corrected chi connectivity index (χ4v) is 4.88. The molecule has 0 fully saturated rings. The van der Waals surface area contributed by atoms with Gasteiger partial charge in [0.05, 0.1) is 18.7 Å². The maximum absolute atomic E-state index is 14.3. The van der Waals surface area contributed by atoms with Gasteiger partial charge >= 0.3 is 0 Å². The summed E-state index contributed by atoms with van der Waals surface area (Å²) >= 11 is 0. The zero-order valence-corrected chi connectivity index (χ0v) is 21.5. The van der Waals surface area contributed by atoms with E-state index in [1.807, 2.05) is 42.5 Å². The molecule has 2 aromatic heterocycles. The summed E-state index contributed by atoms with van der Waals surface area (Å²) in [6.45, 7) is 5.59. The number of hydrogen-bond donors (Lipinski definition) is 2. The zero-order valence-electron chi connectivity index (χ0n) is 21.5. The molecular formula is C32H29FN2O3. The van der Waals surface area contributed by atoms with Crippen LogP contribution in [-0.2, 0) is 16.8 Å². The number of fused-ring (bicyclic) bond motifs is 1. The molecule has 38 heavy (non-hydrogen) atoms. The van der Waals surface area contributed by atoms with Crippen LogP contribution in [0.4, 0.5) is 4.39 Å². The van der Waals surface area contributed by atoms with Crippen molar-refractivity contribution in [2.75, 3.05) is 0 Å². The number of aryl methyl sites for hydroxylation is 2. The highest BCUT2D eigenvalue weighted by Crippen LogP contribution is 2.35. The predicted octanol–water partition coefficient (Wildman–Crippen LogP) is 6.29. The first-order valence-electron chi connectivity index (χ1n) is 12.5. The lowest BCUT2D eigenvalue weighted by Crippen LogP contribution is -2.31. The summed E-state index contributed by atoms with van der Waals surface area (Å²) in [5, 5.41) is 15.0. The van der Waals surface area contributed by atoms with Crippen molar-refractivity contribution in [1.29, 1.82) is 0 Å². The van der Waals surface area contributed by atoms with Crippen LogP contribution in [0.15, 0.2) is 95.7 Å². The standard InChI is InChI=1S/C32H29FN2O3/c1-20-9-11-25(21(2)15-20)31(23-7-5-4-6-8-23)35-30(36)17-22-10-12-28-24(16-22)18-29(38-28)32(3,37)26-13-14-34-19-27(26)33/h4-16,18-19,31,37H,17H2,1-3H3,(H,35,36). The number of rotatable bonds is 7. The number of aliphatic hydroxyl groups is 1. The first kappa shape index (κ1) is 25.4. The van der Waals surface area contributed by atoms with Gasteiger partial charge in [0.25, 0.3) is 0 Å². The van der Waals surface area contributed by atoms with Gasteiger partial charge < -0.3 is 14.8 Å². The van der Waals surface area contributed by atoms with Gasteiger partial charge in [0.2, 0.25) is 5.91 Å². The van der Waals surface area contributed by atoms with E-state index in [4.69, 9.17) is 4.42 Å². The molecule has 2 atom stereocenters. The molecule has 2 unspecified atom stereocenters. The Morgan fingerprint density at radius 3 is 2.58 bits per heavy atom. The number of carbonyl (C=O) groups excluding carboxylic acids is 1. The SMILES string of the molecule is Cc1ccc(C(NC(=O)Cc2ccc3oc(C(C)(O)c4ccncc4F)cc3c2)c2ccccc2)c(C)c1. The maximum Gasteiger partial charge on any atom is 0.225 e. The molecule has 1 amide bonds. The molecule has 6 heteroatoms. The Labute approximate surface area is 221 Å². The average molecular weight is 509 g/mol. The molecule has 0 aliphatic heterocycles. The van der Waals surface area contributed by atoms with Crippen molar-refractivity contribution in [1.82, 2.24) is 10.3 Å². The van der Waals surface area contributed by atoms with Crippen LogP contribution in [-0.4, -0.2) is 16.0 Å². The smallest absolute Gasteiger partial charge is 0.225 e. The van der Waals surface area contributed by atoms with E-state index < -0.39 is 11.4 Å². The molecule has 2 heterocycles. The molecule has 0 spiro atoms. The molecule has 5 aromatic rings. The summed E-state index contributed by atoms with van der Waals surface area (Å²) in [7, 11) is 0. The number of hydrogen-bond acceptors (Lipinski definition) is 4.